The van der Waals surface area contributed by atoms with Crippen molar-refractivity contribution in [1.29, 1.82) is 0 Å². The lowest BCUT2D eigenvalue weighted by Gasteiger charge is -2.18. The number of hydrogen-bond acceptors (Lipinski definition) is 3. The van der Waals surface area contributed by atoms with E-state index in [-0.39, 0.29) is 6.04 Å². The van der Waals surface area contributed by atoms with Crippen molar-refractivity contribution in [3.05, 3.63) is 34.3 Å². The van der Waals surface area contributed by atoms with E-state index in [4.69, 9.17) is 0 Å². The van der Waals surface area contributed by atoms with Crippen LogP contribution in [0, 0.1) is 0 Å². The Kier molecular flexibility index (Phi) is 4.19. The van der Waals surface area contributed by atoms with Crippen LogP contribution in [-0.4, -0.2) is 26.1 Å². The van der Waals surface area contributed by atoms with Crippen molar-refractivity contribution in [3.63, 3.8) is 0 Å². The van der Waals surface area contributed by atoms with Gasteiger partial charge in [-0.3, -0.25) is 9.36 Å². The topological polar surface area (TPSA) is 47.7 Å². The molecule has 0 aliphatic carbocycles. The molecule has 0 aromatic carbocycles. The largest absolute Gasteiger partial charge is 0.305 e. The van der Waals surface area contributed by atoms with Crippen LogP contribution in [0.3, 0.4) is 0 Å². The molecule has 0 radical (unpaired) electrons. The van der Waals surface area contributed by atoms with Crippen LogP contribution in [0.4, 0.5) is 0 Å². The summed E-state index contributed by atoms with van der Waals surface area (Å²) in [6.07, 6.45) is 6.85. The molecule has 2 aromatic rings. The second-order valence-electron chi connectivity index (χ2n) is 4.34. The molecule has 0 spiro atoms. The minimum Gasteiger partial charge on any atom is -0.305 e. The third-order valence-corrected chi connectivity index (χ3v) is 3.48. The highest BCUT2D eigenvalue weighted by Crippen LogP contribution is 2.27. The first-order valence-electron chi connectivity index (χ1n) is 6.02. The highest BCUT2D eigenvalue weighted by atomic mass is 79.9. The predicted octanol–water partition coefficient (Wildman–Crippen LogP) is 2.01. The van der Waals surface area contributed by atoms with Crippen LogP contribution in [0.5, 0.6) is 0 Å². The van der Waals surface area contributed by atoms with Crippen molar-refractivity contribution in [2.24, 2.45) is 14.1 Å². The maximum absolute atomic E-state index is 4.28. The molecule has 98 valence electrons. The maximum Gasteiger partial charge on any atom is 0.0790 e. The van der Waals surface area contributed by atoms with E-state index in [1.165, 1.54) is 0 Å². The van der Waals surface area contributed by atoms with E-state index >= 15 is 0 Å². The molecular weight excluding hydrogens is 294 g/mol. The average molecular weight is 312 g/mol. The number of rotatable bonds is 5. The van der Waals surface area contributed by atoms with Gasteiger partial charge in [0.15, 0.2) is 0 Å². The van der Waals surface area contributed by atoms with E-state index in [9.17, 15) is 0 Å². The number of hydrogen-bond donors (Lipinski definition) is 1. The normalized spacial score (nSPS) is 12.9. The van der Waals surface area contributed by atoms with Crippen LogP contribution < -0.4 is 5.32 Å². The predicted molar refractivity (Wildman–Crippen MR) is 74.3 cm³/mol. The average Bonchev–Trinajstić information content (AvgIpc) is 2.90. The quantitative estimate of drug-likeness (QED) is 0.919. The van der Waals surface area contributed by atoms with Gasteiger partial charge in [0.2, 0.25) is 0 Å². The minimum absolute atomic E-state index is 0.112. The Morgan fingerprint density at radius 2 is 2.11 bits per heavy atom. The van der Waals surface area contributed by atoms with Crippen molar-refractivity contribution in [2.75, 3.05) is 6.54 Å². The van der Waals surface area contributed by atoms with Crippen molar-refractivity contribution < 1.29 is 0 Å². The van der Waals surface area contributed by atoms with Gasteiger partial charge < -0.3 is 5.32 Å². The van der Waals surface area contributed by atoms with Crippen molar-refractivity contribution >= 4 is 15.9 Å². The first-order valence-corrected chi connectivity index (χ1v) is 6.82. The first kappa shape index (κ1) is 13.3. The van der Waals surface area contributed by atoms with Crippen LogP contribution in [0.1, 0.15) is 30.6 Å². The Hall–Kier alpha value is -1.14. The molecule has 6 heteroatoms. The molecule has 2 aromatic heterocycles. The van der Waals surface area contributed by atoms with Gasteiger partial charge in [-0.1, -0.05) is 6.92 Å². The standard InChI is InChI=1S/C12H18BrN5/c1-4-5-14-11(9-6-15-17(2)8-9)12-10(13)7-16-18(12)3/h6-8,11,14H,4-5H2,1-3H3. The third-order valence-electron chi connectivity index (χ3n) is 2.87. The third kappa shape index (κ3) is 2.64. The zero-order chi connectivity index (χ0) is 13.1. The minimum atomic E-state index is 0.112. The molecule has 0 aliphatic rings. The molecule has 2 rings (SSSR count). The van der Waals surface area contributed by atoms with Crippen LogP contribution in [0.2, 0.25) is 0 Å². The van der Waals surface area contributed by atoms with Crippen LogP contribution >= 0.6 is 15.9 Å². The summed E-state index contributed by atoms with van der Waals surface area (Å²) >= 11 is 3.56. The molecule has 0 saturated carbocycles. The lowest BCUT2D eigenvalue weighted by molar-refractivity contribution is 0.551. The summed E-state index contributed by atoms with van der Waals surface area (Å²) < 4.78 is 4.73. The molecule has 0 fully saturated rings. The molecule has 0 aliphatic heterocycles. The van der Waals surface area contributed by atoms with Gasteiger partial charge in [0, 0.05) is 25.9 Å². The molecule has 5 nitrogen and oxygen atoms in total. The Balaban J connectivity index is 2.36. The smallest absolute Gasteiger partial charge is 0.0790 e. The zero-order valence-corrected chi connectivity index (χ0v) is 12.5. The molecule has 2 heterocycles. The van der Waals surface area contributed by atoms with Gasteiger partial charge in [-0.05, 0) is 28.9 Å². The van der Waals surface area contributed by atoms with E-state index in [0.717, 1.165) is 28.7 Å². The SMILES string of the molecule is CCCNC(c1cnn(C)c1)c1c(Br)cnn1C. The molecular formula is C12H18BrN5. The molecule has 18 heavy (non-hydrogen) atoms. The van der Waals surface area contributed by atoms with E-state index < -0.39 is 0 Å². The number of nitrogens with one attached hydrogen (secondary N) is 1. The fourth-order valence-corrected chi connectivity index (χ4v) is 2.57. The lowest BCUT2D eigenvalue weighted by Crippen LogP contribution is -2.25. The fourth-order valence-electron chi connectivity index (χ4n) is 2.00. The van der Waals surface area contributed by atoms with Gasteiger partial charge in [0.25, 0.3) is 0 Å². The summed E-state index contributed by atoms with van der Waals surface area (Å²) in [5.41, 5.74) is 2.27. The molecule has 0 saturated heterocycles. The number of aromatic nitrogens is 4. The Labute approximate surface area is 115 Å². The fraction of sp³-hybridized carbons (Fsp3) is 0.500. The van der Waals surface area contributed by atoms with Crippen LogP contribution in [-0.2, 0) is 14.1 Å². The summed E-state index contributed by atoms with van der Waals surface area (Å²) in [5.74, 6) is 0. The van der Waals surface area contributed by atoms with Gasteiger partial charge >= 0.3 is 0 Å². The molecule has 1 unspecified atom stereocenters. The first-order chi connectivity index (χ1) is 8.63. The number of nitrogens with zero attached hydrogens (tertiary/aromatic N) is 4. The monoisotopic (exact) mass is 311 g/mol. The lowest BCUT2D eigenvalue weighted by atomic mass is 10.1. The highest BCUT2D eigenvalue weighted by Gasteiger charge is 2.21. The van der Waals surface area contributed by atoms with Gasteiger partial charge in [-0.15, -0.1) is 0 Å². The summed E-state index contributed by atoms with van der Waals surface area (Å²) in [4.78, 5) is 0. The number of halogens is 1. The number of aryl methyl sites for hydroxylation is 2. The van der Waals surface area contributed by atoms with Gasteiger partial charge in [0.05, 0.1) is 28.6 Å². The van der Waals surface area contributed by atoms with E-state index in [1.54, 1.807) is 0 Å². The highest BCUT2D eigenvalue weighted by molar-refractivity contribution is 9.10. The zero-order valence-electron chi connectivity index (χ0n) is 10.9. The summed E-state index contributed by atoms with van der Waals surface area (Å²) in [6, 6.07) is 0.112. The molecule has 1 N–H and O–H groups in total. The van der Waals surface area contributed by atoms with Gasteiger partial charge in [0.1, 0.15) is 0 Å². The van der Waals surface area contributed by atoms with E-state index in [0.29, 0.717) is 0 Å². The molecule has 0 amide bonds. The van der Waals surface area contributed by atoms with Crippen molar-refractivity contribution in [3.8, 4) is 0 Å². The Bertz CT molecular complexity index is 497. The molecule has 1 atom stereocenters. The Morgan fingerprint density at radius 3 is 2.61 bits per heavy atom. The van der Waals surface area contributed by atoms with Gasteiger partial charge in [-0.2, -0.15) is 10.2 Å². The van der Waals surface area contributed by atoms with Crippen LogP contribution in [0.25, 0.3) is 0 Å². The second kappa shape index (κ2) is 5.67. The van der Waals surface area contributed by atoms with Gasteiger partial charge in [-0.25, -0.2) is 0 Å². The molecule has 0 bridgehead atoms. The van der Waals surface area contributed by atoms with Crippen molar-refractivity contribution in [1.82, 2.24) is 24.9 Å². The van der Waals surface area contributed by atoms with Crippen molar-refractivity contribution in [2.45, 2.75) is 19.4 Å². The summed E-state index contributed by atoms with van der Waals surface area (Å²) in [7, 11) is 3.88. The van der Waals surface area contributed by atoms with E-state index in [1.807, 2.05) is 42.0 Å². The maximum atomic E-state index is 4.28. The summed E-state index contributed by atoms with van der Waals surface area (Å²) in [6.45, 7) is 3.11. The summed E-state index contributed by atoms with van der Waals surface area (Å²) in [5, 5.41) is 12.1. The van der Waals surface area contributed by atoms with Crippen LogP contribution in [0.15, 0.2) is 23.1 Å². The van der Waals surface area contributed by atoms with E-state index in [2.05, 4.69) is 38.4 Å². The Morgan fingerprint density at radius 1 is 1.33 bits per heavy atom. The second-order valence-corrected chi connectivity index (χ2v) is 5.19.